The molecule has 3 nitrogen and oxygen atoms in total. The zero-order valence-corrected chi connectivity index (χ0v) is 13.8. The molecule has 1 aromatic carbocycles. The van der Waals surface area contributed by atoms with E-state index in [4.69, 9.17) is 15.2 Å². The smallest absolute Gasteiger partial charge is 0.118 e. The molecule has 3 heteroatoms. The Balaban J connectivity index is 2.22. The highest BCUT2D eigenvalue weighted by molar-refractivity contribution is 5.29. The summed E-state index contributed by atoms with van der Waals surface area (Å²) in [7, 11) is 1.67. The van der Waals surface area contributed by atoms with Crippen LogP contribution in [0.5, 0.6) is 5.75 Å². The highest BCUT2D eigenvalue weighted by Gasteiger charge is 2.15. The number of methoxy groups -OCH3 is 1. The first kappa shape index (κ1) is 18.0. The summed E-state index contributed by atoms with van der Waals surface area (Å²) in [5, 5.41) is 0. The molecule has 0 aromatic heterocycles. The molecule has 0 aliphatic rings. The second-order valence-corrected chi connectivity index (χ2v) is 5.64. The van der Waals surface area contributed by atoms with E-state index in [1.54, 1.807) is 7.11 Å². The largest absolute Gasteiger partial charge is 0.497 e. The highest BCUT2D eigenvalue weighted by Crippen LogP contribution is 2.20. The van der Waals surface area contributed by atoms with Crippen LogP contribution in [0.4, 0.5) is 0 Å². The van der Waals surface area contributed by atoms with E-state index in [1.807, 2.05) is 31.2 Å². The van der Waals surface area contributed by atoms with E-state index >= 15 is 0 Å². The first-order valence-corrected chi connectivity index (χ1v) is 8.20. The van der Waals surface area contributed by atoms with Crippen LogP contribution in [0.25, 0.3) is 0 Å². The van der Waals surface area contributed by atoms with Crippen molar-refractivity contribution in [2.45, 2.75) is 64.5 Å². The van der Waals surface area contributed by atoms with E-state index < -0.39 is 0 Å². The standard InChI is InChI=1S/C18H31NO2/c1-4-5-6-7-8-9-14-21-15(2)18(19)16-10-12-17(20-3)13-11-16/h10-13,15,18H,4-9,14,19H2,1-3H3. The molecule has 0 aliphatic heterocycles. The Kier molecular flexibility index (Phi) is 9.11. The van der Waals surface area contributed by atoms with E-state index in [1.165, 1.54) is 32.1 Å². The van der Waals surface area contributed by atoms with Gasteiger partial charge in [0.2, 0.25) is 0 Å². The highest BCUT2D eigenvalue weighted by atomic mass is 16.5. The molecule has 0 saturated heterocycles. The molecule has 0 spiro atoms. The van der Waals surface area contributed by atoms with Crippen molar-refractivity contribution in [3.63, 3.8) is 0 Å². The topological polar surface area (TPSA) is 44.5 Å². The minimum absolute atomic E-state index is 0.0361. The number of ether oxygens (including phenoxy) is 2. The molecule has 0 aliphatic carbocycles. The Bertz CT molecular complexity index is 364. The molecule has 2 atom stereocenters. The number of hydrogen-bond donors (Lipinski definition) is 1. The lowest BCUT2D eigenvalue weighted by Crippen LogP contribution is -2.26. The number of rotatable bonds is 11. The SMILES string of the molecule is CCCCCCCCOC(C)C(N)c1ccc(OC)cc1. The lowest BCUT2D eigenvalue weighted by Gasteiger charge is -2.21. The quantitative estimate of drug-likeness (QED) is 0.613. The molecule has 0 saturated carbocycles. The second-order valence-electron chi connectivity index (χ2n) is 5.64. The van der Waals surface area contributed by atoms with Crippen molar-refractivity contribution in [1.82, 2.24) is 0 Å². The minimum Gasteiger partial charge on any atom is -0.497 e. The Morgan fingerprint density at radius 1 is 1.00 bits per heavy atom. The summed E-state index contributed by atoms with van der Waals surface area (Å²) in [5.74, 6) is 0.853. The summed E-state index contributed by atoms with van der Waals surface area (Å²) in [4.78, 5) is 0. The molecule has 21 heavy (non-hydrogen) atoms. The minimum atomic E-state index is -0.0870. The lowest BCUT2D eigenvalue weighted by molar-refractivity contribution is 0.0454. The predicted octanol–water partition coefficient (Wildman–Crippen LogP) is 4.46. The van der Waals surface area contributed by atoms with Crippen LogP contribution < -0.4 is 10.5 Å². The molecule has 0 fully saturated rings. The third kappa shape index (κ3) is 6.96. The van der Waals surface area contributed by atoms with Crippen LogP contribution in [0.15, 0.2) is 24.3 Å². The summed E-state index contributed by atoms with van der Waals surface area (Å²) < 4.78 is 11.0. The molecule has 1 rings (SSSR count). The van der Waals surface area contributed by atoms with Gasteiger partial charge < -0.3 is 15.2 Å². The zero-order valence-electron chi connectivity index (χ0n) is 13.8. The van der Waals surface area contributed by atoms with Crippen LogP contribution in [0.1, 0.15) is 64.0 Å². The van der Waals surface area contributed by atoms with Gasteiger partial charge in [0.1, 0.15) is 5.75 Å². The van der Waals surface area contributed by atoms with Crippen LogP contribution in [0.3, 0.4) is 0 Å². The van der Waals surface area contributed by atoms with Gasteiger partial charge in [0, 0.05) is 6.61 Å². The summed E-state index contributed by atoms with van der Waals surface area (Å²) in [5.41, 5.74) is 7.33. The number of nitrogens with two attached hydrogens (primary N) is 1. The van der Waals surface area contributed by atoms with Crippen LogP contribution >= 0.6 is 0 Å². The Morgan fingerprint density at radius 2 is 1.62 bits per heavy atom. The predicted molar refractivity (Wildman–Crippen MR) is 88.7 cm³/mol. The van der Waals surface area contributed by atoms with E-state index in [0.717, 1.165) is 24.3 Å². The average Bonchev–Trinajstić information content (AvgIpc) is 2.53. The number of unbranched alkanes of at least 4 members (excludes halogenated alkanes) is 5. The van der Waals surface area contributed by atoms with Gasteiger partial charge in [0.05, 0.1) is 19.3 Å². The van der Waals surface area contributed by atoms with E-state index in [-0.39, 0.29) is 12.1 Å². The van der Waals surface area contributed by atoms with Crippen molar-refractivity contribution < 1.29 is 9.47 Å². The normalized spacial score (nSPS) is 13.9. The molecule has 2 unspecified atom stereocenters. The maximum absolute atomic E-state index is 6.24. The summed E-state index contributed by atoms with van der Waals surface area (Å²) in [6.45, 7) is 5.09. The molecule has 2 N–H and O–H groups in total. The van der Waals surface area contributed by atoms with E-state index in [2.05, 4.69) is 6.92 Å². The van der Waals surface area contributed by atoms with Crippen LogP contribution in [-0.2, 0) is 4.74 Å². The van der Waals surface area contributed by atoms with Gasteiger partial charge in [0.15, 0.2) is 0 Å². The third-order valence-corrected chi connectivity index (χ3v) is 3.89. The van der Waals surface area contributed by atoms with E-state index in [0.29, 0.717) is 0 Å². The van der Waals surface area contributed by atoms with Crippen LogP contribution in [0, 0.1) is 0 Å². The van der Waals surface area contributed by atoms with E-state index in [9.17, 15) is 0 Å². The molecular formula is C18H31NO2. The van der Waals surface area contributed by atoms with Crippen molar-refractivity contribution >= 4 is 0 Å². The molecule has 0 amide bonds. The fourth-order valence-corrected chi connectivity index (χ4v) is 2.35. The molecule has 120 valence electrons. The number of benzene rings is 1. The molecular weight excluding hydrogens is 262 g/mol. The summed E-state index contributed by atoms with van der Waals surface area (Å²) in [6, 6.07) is 7.81. The zero-order chi connectivity index (χ0) is 15.5. The van der Waals surface area contributed by atoms with Gasteiger partial charge >= 0.3 is 0 Å². The molecule has 0 bridgehead atoms. The monoisotopic (exact) mass is 293 g/mol. The van der Waals surface area contributed by atoms with Gasteiger partial charge in [-0.25, -0.2) is 0 Å². The van der Waals surface area contributed by atoms with Gasteiger partial charge in [-0.3, -0.25) is 0 Å². The second kappa shape index (κ2) is 10.6. The van der Waals surface area contributed by atoms with Gasteiger partial charge in [-0.15, -0.1) is 0 Å². The maximum atomic E-state index is 6.24. The average molecular weight is 293 g/mol. The fraction of sp³-hybridized carbons (Fsp3) is 0.667. The van der Waals surface area contributed by atoms with Gasteiger partial charge in [-0.2, -0.15) is 0 Å². The van der Waals surface area contributed by atoms with Crippen molar-refractivity contribution in [3.8, 4) is 5.75 Å². The Labute approximate surface area is 129 Å². The third-order valence-electron chi connectivity index (χ3n) is 3.89. The van der Waals surface area contributed by atoms with Crippen molar-refractivity contribution in [1.29, 1.82) is 0 Å². The van der Waals surface area contributed by atoms with Crippen LogP contribution in [-0.4, -0.2) is 19.8 Å². The van der Waals surface area contributed by atoms with Crippen LogP contribution in [0.2, 0.25) is 0 Å². The van der Waals surface area contributed by atoms with Gasteiger partial charge in [-0.1, -0.05) is 51.2 Å². The fourth-order valence-electron chi connectivity index (χ4n) is 2.35. The molecule has 1 aromatic rings. The molecule has 0 heterocycles. The number of hydrogen-bond acceptors (Lipinski definition) is 3. The van der Waals surface area contributed by atoms with Crippen molar-refractivity contribution in [2.24, 2.45) is 5.73 Å². The van der Waals surface area contributed by atoms with Gasteiger partial charge in [-0.05, 0) is 31.0 Å². The summed E-state index contributed by atoms with van der Waals surface area (Å²) in [6.07, 6.45) is 7.72. The molecule has 0 radical (unpaired) electrons. The van der Waals surface area contributed by atoms with Gasteiger partial charge in [0.25, 0.3) is 0 Å². The first-order valence-electron chi connectivity index (χ1n) is 8.20. The lowest BCUT2D eigenvalue weighted by atomic mass is 10.0. The Hall–Kier alpha value is -1.06. The van der Waals surface area contributed by atoms with Crippen molar-refractivity contribution in [3.05, 3.63) is 29.8 Å². The van der Waals surface area contributed by atoms with Crippen molar-refractivity contribution in [2.75, 3.05) is 13.7 Å². The Morgan fingerprint density at radius 3 is 2.24 bits per heavy atom. The maximum Gasteiger partial charge on any atom is 0.118 e. The summed E-state index contributed by atoms with van der Waals surface area (Å²) >= 11 is 0. The first-order chi connectivity index (χ1) is 10.2.